The number of anilines is 1. The van der Waals surface area contributed by atoms with E-state index in [1.165, 1.54) is 10.2 Å². The number of amides is 1. The second-order valence-electron chi connectivity index (χ2n) is 6.98. The van der Waals surface area contributed by atoms with Crippen LogP contribution < -0.4 is 5.32 Å². The standard InChI is InChI=1S/C23H19N5O2S2/c29-22(24-18-9-4-8-17(14-18)23-31-12-13-32-23)20(15-19-10-5-11-30-19)28-21(25-26-27-28)16-6-2-1-3-7-16/h1-11,14-15,23H,12-13H2,(H,24,29). The van der Waals surface area contributed by atoms with E-state index in [-0.39, 0.29) is 11.6 Å². The molecule has 1 N–H and O–H groups in total. The van der Waals surface area contributed by atoms with Gasteiger partial charge in [0.25, 0.3) is 5.91 Å². The number of thioether (sulfide) groups is 2. The van der Waals surface area contributed by atoms with Gasteiger partial charge in [0.2, 0.25) is 0 Å². The highest BCUT2D eigenvalue weighted by Crippen LogP contribution is 2.45. The average Bonchev–Trinajstić information content (AvgIpc) is 3.61. The highest BCUT2D eigenvalue weighted by Gasteiger charge is 2.22. The van der Waals surface area contributed by atoms with Crippen molar-refractivity contribution in [2.45, 2.75) is 4.58 Å². The van der Waals surface area contributed by atoms with Gasteiger partial charge in [-0.2, -0.15) is 4.68 Å². The zero-order chi connectivity index (χ0) is 21.8. The molecule has 1 fully saturated rings. The van der Waals surface area contributed by atoms with Crippen molar-refractivity contribution in [3.8, 4) is 11.4 Å². The number of nitrogens with zero attached hydrogens (tertiary/aromatic N) is 4. The van der Waals surface area contributed by atoms with Crippen LogP contribution in [0.4, 0.5) is 5.69 Å². The quantitative estimate of drug-likeness (QED) is 0.402. The molecule has 160 valence electrons. The molecule has 4 aromatic rings. The van der Waals surface area contributed by atoms with Gasteiger partial charge in [-0.3, -0.25) is 4.79 Å². The van der Waals surface area contributed by atoms with Crippen molar-refractivity contribution in [1.29, 1.82) is 0 Å². The number of tetrazole rings is 1. The number of furan rings is 1. The van der Waals surface area contributed by atoms with Gasteiger partial charge in [0, 0.05) is 28.8 Å². The zero-order valence-corrected chi connectivity index (χ0v) is 18.6. The first kappa shape index (κ1) is 20.6. The lowest BCUT2D eigenvalue weighted by Gasteiger charge is -2.13. The van der Waals surface area contributed by atoms with Crippen LogP contribution in [-0.4, -0.2) is 37.6 Å². The summed E-state index contributed by atoms with van der Waals surface area (Å²) in [6, 6.07) is 21.0. The predicted octanol–water partition coefficient (Wildman–Crippen LogP) is 5.05. The van der Waals surface area contributed by atoms with Crippen molar-refractivity contribution < 1.29 is 9.21 Å². The second kappa shape index (κ2) is 9.46. The molecule has 2 aromatic carbocycles. The van der Waals surface area contributed by atoms with Crippen LogP contribution in [0.15, 0.2) is 77.4 Å². The maximum Gasteiger partial charge on any atom is 0.274 e. The Bertz CT molecular complexity index is 1230. The third-order valence-corrected chi connectivity index (χ3v) is 7.93. The summed E-state index contributed by atoms with van der Waals surface area (Å²) in [5, 5.41) is 15.0. The van der Waals surface area contributed by atoms with Crippen LogP contribution in [0.2, 0.25) is 0 Å². The van der Waals surface area contributed by atoms with Crippen molar-refractivity contribution in [3.05, 3.63) is 84.3 Å². The molecule has 0 saturated carbocycles. The summed E-state index contributed by atoms with van der Waals surface area (Å²) in [5.74, 6) is 2.94. The third kappa shape index (κ3) is 4.49. The van der Waals surface area contributed by atoms with E-state index in [0.717, 1.165) is 22.8 Å². The van der Waals surface area contributed by atoms with Gasteiger partial charge in [-0.15, -0.1) is 28.6 Å². The number of hydrogen-bond donors (Lipinski definition) is 1. The Morgan fingerprint density at radius 3 is 2.69 bits per heavy atom. The van der Waals surface area contributed by atoms with E-state index < -0.39 is 0 Å². The summed E-state index contributed by atoms with van der Waals surface area (Å²) in [4.78, 5) is 13.4. The maximum absolute atomic E-state index is 13.4. The van der Waals surface area contributed by atoms with Crippen LogP contribution in [0.3, 0.4) is 0 Å². The minimum Gasteiger partial charge on any atom is -0.465 e. The number of carbonyl (C=O) groups is 1. The molecule has 0 atom stereocenters. The summed E-state index contributed by atoms with van der Waals surface area (Å²) in [6.07, 6.45) is 3.18. The van der Waals surface area contributed by atoms with Gasteiger partial charge in [-0.25, -0.2) is 0 Å². The fourth-order valence-electron chi connectivity index (χ4n) is 3.36. The first-order valence-corrected chi connectivity index (χ1v) is 12.1. The minimum absolute atomic E-state index is 0.249. The molecular formula is C23H19N5O2S2. The highest BCUT2D eigenvalue weighted by molar-refractivity contribution is 8.19. The van der Waals surface area contributed by atoms with Gasteiger partial charge in [0.1, 0.15) is 11.5 Å². The molecular weight excluding hydrogens is 442 g/mol. The smallest absolute Gasteiger partial charge is 0.274 e. The molecule has 0 bridgehead atoms. The number of hydrogen-bond acceptors (Lipinski definition) is 7. The molecule has 1 aliphatic heterocycles. The summed E-state index contributed by atoms with van der Waals surface area (Å²) >= 11 is 3.85. The summed E-state index contributed by atoms with van der Waals surface area (Å²) in [5.41, 5.74) is 2.96. The lowest BCUT2D eigenvalue weighted by molar-refractivity contribution is -0.111. The van der Waals surface area contributed by atoms with Gasteiger partial charge in [-0.1, -0.05) is 42.5 Å². The van der Waals surface area contributed by atoms with E-state index in [0.29, 0.717) is 16.2 Å². The van der Waals surface area contributed by atoms with Crippen molar-refractivity contribution in [2.75, 3.05) is 16.8 Å². The molecule has 1 saturated heterocycles. The van der Waals surface area contributed by atoms with Crippen LogP contribution in [0.25, 0.3) is 23.2 Å². The van der Waals surface area contributed by atoms with E-state index in [1.807, 2.05) is 72.1 Å². The summed E-state index contributed by atoms with van der Waals surface area (Å²) in [7, 11) is 0. The number of benzene rings is 2. The van der Waals surface area contributed by atoms with E-state index in [1.54, 1.807) is 24.5 Å². The Morgan fingerprint density at radius 1 is 1.06 bits per heavy atom. The molecule has 3 heterocycles. The van der Waals surface area contributed by atoms with Crippen LogP contribution in [-0.2, 0) is 4.79 Å². The molecule has 1 aliphatic rings. The van der Waals surface area contributed by atoms with Crippen molar-refractivity contribution in [1.82, 2.24) is 20.2 Å². The van der Waals surface area contributed by atoms with Gasteiger partial charge in [-0.05, 0) is 40.3 Å². The van der Waals surface area contributed by atoms with Crippen molar-refractivity contribution in [2.24, 2.45) is 0 Å². The zero-order valence-electron chi connectivity index (χ0n) is 16.9. The Labute approximate surface area is 193 Å². The van der Waals surface area contributed by atoms with E-state index >= 15 is 0 Å². The van der Waals surface area contributed by atoms with Gasteiger partial charge >= 0.3 is 0 Å². The molecule has 0 unspecified atom stereocenters. The van der Waals surface area contributed by atoms with Crippen LogP contribution >= 0.6 is 23.5 Å². The van der Waals surface area contributed by atoms with Crippen LogP contribution in [0.1, 0.15) is 15.9 Å². The maximum atomic E-state index is 13.4. The molecule has 2 aromatic heterocycles. The Balaban J connectivity index is 1.49. The Kier molecular flexibility index (Phi) is 6.09. The molecule has 1 amide bonds. The highest BCUT2D eigenvalue weighted by atomic mass is 32.2. The third-order valence-electron chi connectivity index (χ3n) is 4.82. The number of rotatable bonds is 6. The molecule has 0 aliphatic carbocycles. The first-order valence-electron chi connectivity index (χ1n) is 10.0. The fraction of sp³-hybridized carbons (Fsp3) is 0.130. The van der Waals surface area contributed by atoms with Gasteiger partial charge in [0.15, 0.2) is 5.82 Å². The SMILES string of the molecule is O=C(Nc1cccc(C2SCCS2)c1)C(=Cc1ccco1)n1nnnc1-c1ccccc1. The molecule has 7 nitrogen and oxygen atoms in total. The normalized spacial score (nSPS) is 14.6. The fourth-order valence-corrected chi connectivity index (χ4v) is 6.19. The first-order chi connectivity index (χ1) is 15.8. The number of aromatic nitrogens is 4. The van der Waals surface area contributed by atoms with Crippen molar-refractivity contribution >= 4 is 46.9 Å². The predicted molar refractivity (Wildman–Crippen MR) is 129 cm³/mol. The lowest BCUT2D eigenvalue weighted by Crippen LogP contribution is -2.19. The lowest BCUT2D eigenvalue weighted by atomic mass is 10.2. The van der Waals surface area contributed by atoms with Gasteiger partial charge in [0.05, 0.1) is 10.8 Å². The van der Waals surface area contributed by atoms with E-state index in [9.17, 15) is 4.79 Å². The average molecular weight is 462 g/mol. The topological polar surface area (TPSA) is 85.8 Å². The summed E-state index contributed by atoms with van der Waals surface area (Å²) in [6.45, 7) is 0. The van der Waals surface area contributed by atoms with Gasteiger partial charge < -0.3 is 9.73 Å². The molecule has 0 spiro atoms. The second-order valence-corrected chi connectivity index (χ2v) is 9.70. The Hall–Kier alpha value is -3.30. The minimum atomic E-state index is -0.338. The summed E-state index contributed by atoms with van der Waals surface area (Å²) < 4.78 is 7.28. The van der Waals surface area contributed by atoms with Crippen LogP contribution in [0, 0.1) is 0 Å². The van der Waals surface area contributed by atoms with E-state index in [2.05, 4.69) is 26.9 Å². The van der Waals surface area contributed by atoms with E-state index in [4.69, 9.17) is 4.42 Å². The van der Waals surface area contributed by atoms with Crippen molar-refractivity contribution in [3.63, 3.8) is 0 Å². The van der Waals surface area contributed by atoms with Crippen LogP contribution in [0.5, 0.6) is 0 Å². The molecule has 0 radical (unpaired) electrons. The largest absolute Gasteiger partial charge is 0.465 e. The molecule has 9 heteroatoms. The number of nitrogens with one attached hydrogen (secondary N) is 1. The monoisotopic (exact) mass is 461 g/mol. The number of carbonyl (C=O) groups excluding carboxylic acids is 1. The molecule has 5 rings (SSSR count). The Morgan fingerprint density at radius 2 is 1.91 bits per heavy atom. The molecule has 32 heavy (non-hydrogen) atoms.